The van der Waals surface area contributed by atoms with Crippen LogP contribution in [0.4, 0.5) is 0 Å². The van der Waals surface area contributed by atoms with Crippen molar-refractivity contribution in [3.63, 3.8) is 0 Å². The molecule has 86 valence electrons. The van der Waals surface area contributed by atoms with Crippen LogP contribution >= 0.6 is 11.6 Å². The summed E-state index contributed by atoms with van der Waals surface area (Å²) in [5.41, 5.74) is 0.611. The largest absolute Gasteiger partial charge is 0.479 e. The van der Waals surface area contributed by atoms with Crippen LogP contribution in [0.1, 0.15) is 17.2 Å². The molecule has 0 bridgehead atoms. The molecule has 2 N–H and O–H groups in total. The Morgan fingerprint density at radius 1 is 1.50 bits per heavy atom. The number of benzene rings is 1. The van der Waals surface area contributed by atoms with Crippen molar-refractivity contribution in [3.8, 4) is 5.75 Å². The van der Waals surface area contributed by atoms with Crippen molar-refractivity contribution in [2.75, 3.05) is 6.79 Å². The normalized spacial score (nSPS) is 16.1. The van der Waals surface area contributed by atoms with E-state index in [-0.39, 0.29) is 24.0 Å². The Bertz CT molecular complexity index is 431. The average Bonchev–Trinajstić information content (AvgIpc) is 2.28. The van der Waals surface area contributed by atoms with Gasteiger partial charge in [-0.25, -0.2) is 4.79 Å². The highest BCUT2D eigenvalue weighted by Crippen LogP contribution is 2.35. The lowest BCUT2D eigenvalue weighted by atomic mass is 10.0. The van der Waals surface area contributed by atoms with Crippen LogP contribution in [-0.2, 0) is 16.1 Å². The molecule has 0 radical (unpaired) electrons. The minimum absolute atomic E-state index is 0.108. The highest BCUT2D eigenvalue weighted by atomic mass is 35.5. The third-order valence-corrected chi connectivity index (χ3v) is 2.64. The molecular formula is C10H9ClO5. The van der Waals surface area contributed by atoms with Crippen LogP contribution in [0.25, 0.3) is 0 Å². The zero-order chi connectivity index (χ0) is 11.7. The molecule has 1 atom stereocenters. The Labute approximate surface area is 96.2 Å². The van der Waals surface area contributed by atoms with Gasteiger partial charge >= 0.3 is 5.97 Å². The van der Waals surface area contributed by atoms with Gasteiger partial charge in [-0.2, -0.15) is 0 Å². The number of carbonyl (C=O) groups is 1. The molecule has 5 nitrogen and oxygen atoms in total. The van der Waals surface area contributed by atoms with E-state index < -0.39 is 12.1 Å². The smallest absolute Gasteiger partial charge is 0.337 e. The summed E-state index contributed by atoms with van der Waals surface area (Å²) in [4.78, 5) is 10.7. The molecule has 6 heteroatoms. The maximum atomic E-state index is 10.7. The van der Waals surface area contributed by atoms with Crippen molar-refractivity contribution in [1.29, 1.82) is 0 Å². The zero-order valence-corrected chi connectivity index (χ0v) is 8.90. The van der Waals surface area contributed by atoms with Gasteiger partial charge in [-0.1, -0.05) is 11.6 Å². The number of halogens is 1. The molecule has 16 heavy (non-hydrogen) atoms. The molecule has 0 saturated heterocycles. The number of aliphatic hydroxyl groups is 1. The van der Waals surface area contributed by atoms with Gasteiger partial charge in [0.2, 0.25) is 0 Å². The maximum Gasteiger partial charge on any atom is 0.337 e. The average molecular weight is 245 g/mol. The first-order chi connectivity index (χ1) is 7.61. The minimum Gasteiger partial charge on any atom is -0.479 e. The van der Waals surface area contributed by atoms with Gasteiger partial charge in [-0.15, -0.1) is 0 Å². The topological polar surface area (TPSA) is 76.0 Å². The van der Waals surface area contributed by atoms with Crippen LogP contribution in [0.5, 0.6) is 5.75 Å². The summed E-state index contributed by atoms with van der Waals surface area (Å²) in [5, 5.41) is 18.5. The van der Waals surface area contributed by atoms with Gasteiger partial charge in [-0.05, 0) is 12.1 Å². The van der Waals surface area contributed by atoms with Gasteiger partial charge in [0.25, 0.3) is 0 Å². The monoisotopic (exact) mass is 244 g/mol. The Hall–Kier alpha value is -1.30. The maximum absolute atomic E-state index is 10.7. The lowest BCUT2D eigenvalue weighted by Gasteiger charge is -2.22. The molecule has 1 aromatic rings. The summed E-state index contributed by atoms with van der Waals surface area (Å²) in [7, 11) is 0. The van der Waals surface area contributed by atoms with E-state index in [4.69, 9.17) is 26.2 Å². The second-order valence-corrected chi connectivity index (χ2v) is 3.70. The Morgan fingerprint density at radius 3 is 2.94 bits per heavy atom. The number of aliphatic carboxylic acids is 1. The van der Waals surface area contributed by atoms with E-state index in [9.17, 15) is 9.90 Å². The van der Waals surface area contributed by atoms with Crippen LogP contribution in [-0.4, -0.2) is 23.0 Å². The highest BCUT2D eigenvalue weighted by molar-refractivity contribution is 6.31. The third kappa shape index (κ3) is 1.84. The molecule has 1 aromatic carbocycles. The molecule has 1 unspecified atom stereocenters. The first-order valence-electron chi connectivity index (χ1n) is 4.54. The molecule has 0 saturated carbocycles. The molecule has 0 fully saturated rings. The lowest BCUT2D eigenvalue weighted by Crippen LogP contribution is -2.18. The molecule has 0 amide bonds. The first kappa shape index (κ1) is 11.2. The van der Waals surface area contributed by atoms with E-state index in [0.29, 0.717) is 11.3 Å². The van der Waals surface area contributed by atoms with E-state index in [1.165, 1.54) is 6.07 Å². The van der Waals surface area contributed by atoms with Crippen molar-refractivity contribution in [1.82, 2.24) is 0 Å². The standard InChI is InChI=1S/C10H9ClO5/c11-6-1-2-7-5(3-15-4-16-7)8(6)9(12)10(13)14/h1-2,9,12H,3-4H2,(H,13,14). The van der Waals surface area contributed by atoms with E-state index in [2.05, 4.69) is 0 Å². The van der Waals surface area contributed by atoms with Gasteiger partial charge in [-0.3, -0.25) is 0 Å². The lowest BCUT2D eigenvalue weighted by molar-refractivity contribution is -0.147. The Morgan fingerprint density at radius 2 is 2.25 bits per heavy atom. The second kappa shape index (κ2) is 4.29. The molecule has 2 rings (SSSR count). The summed E-state index contributed by atoms with van der Waals surface area (Å²) >= 11 is 5.87. The number of fused-ring (bicyclic) bond motifs is 1. The van der Waals surface area contributed by atoms with Gasteiger partial charge < -0.3 is 19.7 Å². The van der Waals surface area contributed by atoms with Crippen LogP contribution in [0.2, 0.25) is 5.02 Å². The summed E-state index contributed by atoms with van der Waals surface area (Å²) in [6, 6.07) is 3.12. The minimum atomic E-state index is -1.67. The van der Waals surface area contributed by atoms with Gasteiger partial charge in [0.1, 0.15) is 5.75 Å². The quantitative estimate of drug-likeness (QED) is 0.821. The number of hydrogen-bond donors (Lipinski definition) is 2. The molecule has 0 aliphatic carbocycles. The molecular weight excluding hydrogens is 236 g/mol. The molecule has 1 aliphatic heterocycles. The van der Waals surface area contributed by atoms with E-state index >= 15 is 0 Å². The molecule has 0 aromatic heterocycles. The highest BCUT2D eigenvalue weighted by Gasteiger charge is 2.26. The number of carboxylic acid groups (broad SMARTS) is 1. The number of rotatable bonds is 2. The van der Waals surface area contributed by atoms with Crippen LogP contribution in [0.15, 0.2) is 12.1 Å². The summed E-state index contributed by atoms with van der Waals surface area (Å²) in [5.74, 6) is -0.869. The van der Waals surface area contributed by atoms with Crippen molar-refractivity contribution in [3.05, 3.63) is 28.3 Å². The Balaban J connectivity index is 2.53. The van der Waals surface area contributed by atoms with Crippen molar-refractivity contribution >= 4 is 17.6 Å². The van der Waals surface area contributed by atoms with Gasteiger partial charge in [0.15, 0.2) is 12.9 Å². The van der Waals surface area contributed by atoms with Crippen LogP contribution in [0, 0.1) is 0 Å². The van der Waals surface area contributed by atoms with Gasteiger partial charge in [0, 0.05) is 16.1 Å². The van der Waals surface area contributed by atoms with E-state index in [1.54, 1.807) is 6.07 Å². The number of carboxylic acids is 1. The number of aliphatic hydroxyl groups excluding tert-OH is 1. The van der Waals surface area contributed by atoms with Crippen LogP contribution in [0.3, 0.4) is 0 Å². The predicted molar refractivity (Wildman–Crippen MR) is 54.3 cm³/mol. The van der Waals surface area contributed by atoms with Crippen molar-refractivity contribution in [2.24, 2.45) is 0 Å². The van der Waals surface area contributed by atoms with Crippen molar-refractivity contribution in [2.45, 2.75) is 12.7 Å². The summed E-state index contributed by atoms with van der Waals surface area (Å²) in [6.07, 6.45) is -1.67. The van der Waals surface area contributed by atoms with Crippen molar-refractivity contribution < 1.29 is 24.5 Å². The number of hydrogen-bond acceptors (Lipinski definition) is 4. The Kier molecular flexibility index (Phi) is 3.00. The third-order valence-electron chi connectivity index (χ3n) is 2.31. The molecule has 1 aliphatic rings. The fourth-order valence-corrected chi connectivity index (χ4v) is 1.85. The van der Waals surface area contributed by atoms with E-state index in [1.807, 2.05) is 0 Å². The summed E-state index contributed by atoms with van der Waals surface area (Å²) in [6.45, 7) is 0.285. The molecule has 0 spiro atoms. The fraction of sp³-hybridized carbons (Fsp3) is 0.300. The summed E-state index contributed by atoms with van der Waals surface area (Å²) < 4.78 is 10.2. The SMILES string of the molecule is O=C(O)C(O)c1c(Cl)ccc2c1COCO2. The zero-order valence-electron chi connectivity index (χ0n) is 8.14. The first-order valence-corrected chi connectivity index (χ1v) is 4.91. The van der Waals surface area contributed by atoms with Crippen LogP contribution < -0.4 is 4.74 Å². The fourth-order valence-electron chi connectivity index (χ4n) is 1.57. The van der Waals surface area contributed by atoms with Gasteiger partial charge in [0.05, 0.1) is 6.61 Å². The number of ether oxygens (including phenoxy) is 2. The second-order valence-electron chi connectivity index (χ2n) is 3.29. The predicted octanol–water partition coefficient (Wildman–Crippen LogP) is 1.32. The molecule has 1 heterocycles. The van der Waals surface area contributed by atoms with E-state index in [0.717, 1.165) is 0 Å².